The fourth-order valence-electron chi connectivity index (χ4n) is 2.91. The van der Waals surface area contributed by atoms with Gasteiger partial charge in [-0.1, -0.05) is 28.1 Å². The number of hydrogen-bond acceptors (Lipinski definition) is 2. The molecule has 1 saturated heterocycles. The molecule has 1 fully saturated rings. The molecule has 0 bridgehead atoms. The van der Waals surface area contributed by atoms with Gasteiger partial charge < -0.3 is 10.3 Å². The number of H-pyrrole nitrogens is 1. The Bertz CT molecular complexity index is 585. The number of halogens is 1. The first-order valence-electron chi connectivity index (χ1n) is 7.24. The molecule has 106 valence electrons. The average molecular weight is 334 g/mol. The lowest BCUT2D eigenvalue weighted by Gasteiger charge is -2.21. The van der Waals surface area contributed by atoms with E-state index in [1.807, 2.05) is 6.07 Å². The maximum absolute atomic E-state index is 4.81. The van der Waals surface area contributed by atoms with E-state index < -0.39 is 0 Å². The summed E-state index contributed by atoms with van der Waals surface area (Å²) in [7, 11) is 0. The van der Waals surface area contributed by atoms with Gasteiger partial charge in [-0.25, -0.2) is 4.98 Å². The number of aromatic nitrogens is 2. The third kappa shape index (κ3) is 3.13. The first kappa shape index (κ1) is 13.8. The summed E-state index contributed by atoms with van der Waals surface area (Å²) in [5.41, 5.74) is 3.40. The van der Waals surface area contributed by atoms with E-state index in [-0.39, 0.29) is 0 Å². The highest BCUT2D eigenvalue weighted by Gasteiger charge is 2.16. The predicted octanol–water partition coefficient (Wildman–Crippen LogP) is 3.69. The van der Waals surface area contributed by atoms with Gasteiger partial charge in [0, 0.05) is 22.2 Å². The third-order valence-corrected chi connectivity index (χ3v) is 4.41. The Morgan fingerprint density at radius 1 is 1.40 bits per heavy atom. The van der Waals surface area contributed by atoms with Crippen LogP contribution in [-0.4, -0.2) is 23.1 Å². The second-order valence-electron chi connectivity index (χ2n) is 5.58. The van der Waals surface area contributed by atoms with E-state index in [0.29, 0.717) is 5.92 Å². The van der Waals surface area contributed by atoms with Gasteiger partial charge in [0.1, 0.15) is 5.82 Å². The van der Waals surface area contributed by atoms with Crippen molar-refractivity contribution in [3.63, 3.8) is 0 Å². The number of nitrogens with zero attached hydrogens (tertiary/aromatic N) is 1. The van der Waals surface area contributed by atoms with Gasteiger partial charge in [0.15, 0.2) is 0 Å². The van der Waals surface area contributed by atoms with Crippen molar-refractivity contribution >= 4 is 15.9 Å². The molecule has 0 radical (unpaired) electrons. The number of imidazole rings is 1. The molecule has 2 N–H and O–H groups in total. The summed E-state index contributed by atoms with van der Waals surface area (Å²) in [6.07, 6.45) is 3.63. The van der Waals surface area contributed by atoms with Crippen LogP contribution in [0.1, 0.15) is 24.4 Å². The van der Waals surface area contributed by atoms with Crippen molar-refractivity contribution in [2.24, 2.45) is 5.92 Å². The molecule has 1 unspecified atom stereocenters. The lowest BCUT2D eigenvalue weighted by atomic mass is 9.96. The summed E-state index contributed by atoms with van der Waals surface area (Å²) >= 11 is 3.52. The van der Waals surface area contributed by atoms with Gasteiger partial charge >= 0.3 is 0 Å². The highest BCUT2D eigenvalue weighted by atomic mass is 79.9. The van der Waals surface area contributed by atoms with Crippen LogP contribution in [-0.2, 0) is 6.42 Å². The highest BCUT2D eigenvalue weighted by Crippen LogP contribution is 2.25. The molecule has 0 saturated carbocycles. The van der Waals surface area contributed by atoms with Crippen LogP contribution in [0.5, 0.6) is 0 Å². The molecule has 20 heavy (non-hydrogen) atoms. The van der Waals surface area contributed by atoms with Crippen molar-refractivity contribution < 1.29 is 0 Å². The summed E-state index contributed by atoms with van der Waals surface area (Å²) in [5, 5.41) is 3.47. The van der Waals surface area contributed by atoms with E-state index in [0.717, 1.165) is 41.2 Å². The smallest absolute Gasteiger partial charge is 0.107 e. The average Bonchev–Trinajstić information content (AvgIpc) is 2.81. The van der Waals surface area contributed by atoms with Gasteiger partial charge in [-0.15, -0.1) is 0 Å². The Hall–Kier alpha value is -1.13. The van der Waals surface area contributed by atoms with Gasteiger partial charge in [-0.05, 0) is 50.9 Å². The summed E-state index contributed by atoms with van der Waals surface area (Å²) in [4.78, 5) is 8.27. The van der Waals surface area contributed by atoms with Crippen LogP contribution in [0, 0.1) is 12.8 Å². The Morgan fingerprint density at radius 2 is 2.30 bits per heavy atom. The number of aromatic amines is 1. The van der Waals surface area contributed by atoms with E-state index in [2.05, 4.69) is 51.4 Å². The van der Waals surface area contributed by atoms with Crippen molar-refractivity contribution in [1.29, 1.82) is 0 Å². The van der Waals surface area contributed by atoms with Gasteiger partial charge in [-0.3, -0.25) is 0 Å². The minimum absolute atomic E-state index is 0.713. The number of piperidine rings is 1. The second kappa shape index (κ2) is 6.10. The molecule has 0 spiro atoms. The van der Waals surface area contributed by atoms with E-state index >= 15 is 0 Å². The molecule has 1 aromatic heterocycles. The van der Waals surface area contributed by atoms with E-state index in [1.165, 1.54) is 18.4 Å². The first-order chi connectivity index (χ1) is 9.72. The molecule has 1 aliphatic heterocycles. The van der Waals surface area contributed by atoms with Crippen LogP contribution in [0.25, 0.3) is 11.3 Å². The number of aryl methyl sites for hydroxylation is 1. The fraction of sp³-hybridized carbons (Fsp3) is 0.438. The number of rotatable bonds is 3. The molecule has 2 heterocycles. The maximum Gasteiger partial charge on any atom is 0.107 e. The molecule has 4 heteroatoms. The Balaban J connectivity index is 1.80. The second-order valence-corrected chi connectivity index (χ2v) is 6.50. The Labute approximate surface area is 128 Å². The fourth-order valence-corrected chi connectivity index (χ4v) is 3.31. The molecule has 1 aliphatic rings. The van der Waals surface area contributed by atoms with Crippen LogP contribution < -0.4 is 5.32 Å². The molecule has 0 aliphatic carbocycles. The van der Waals surface area contributed by atoms with Crippen LogP contribution in [0.3, 0.4) is 0 Å². The van der Waals surface area contributed by atoms with Gasteiger partial charge in [-0.2, -0.15) is 0 Å². The summed E-state index contributed by atoms with van der Waals surface area (Å²) in [5.74, 6) is 1.83. The van der Waals surface area contributed by atoms with Crippen LogP contribution >= 0.6 is 15.9 Å². The molecular weight excluding hydrogens is 314 g/mol. The predicted molar refractivity (Wildman–Crippen MR) is 85.8 cm³/mol. The lowest BCUT2D eigenvalue weighted by molar-refractivity contribution is 0.371. The third-order valence-electron chi connectivity index (χ3n) is 3.91. The van der Waals surface area contributed by atoms with E-state index in [1.54, 1.807) is 0 Å². The zero-order chi connectivity index (χ0) is 13.9. The maximum atomic E-state index is 4.81. The Morgan fingerprint density at radius 3 is 3.05 bits per heavy atom. The zero-order valence-electron chi connectivity index (χ0n) is 11.7. The lowest BCUT2D eigenvalue weighted by Crippen LogP contribution is -2.31. The van der Waals surface area contributed by atoms with E-state index in [4.69, 9.17) is 4.98 Å². The molecule has 1 atom stereocenters. The van der Waals surface area contributed by atoms with Crippen molar-refractivity contribution in [3.8, 4) is 11.3 Å². The molecule has 3 rings (SSSR count). The summed E-state index contributed by atoms with van der Waals surface area (Å²) in [6, 6.07) is 8.33. The first-order valence-corrected chi connectivity index (χ1v) is 8.04. The topological polar surface area (TPSA) is 40.7 Å². The van der Waals surface area contributed by atoms with Crippen LogP contribution in [0.15, 0.2) is 28.7 Å². The minimum Gasteiger partial charge on any atom is -0.346 e. The molecule has 0 amide bonds. The zero-order valence-corrected chi connectivity index (χ0v) is 13.3. The van der Waals surface area contributed by atoms with Crippen molar-refractivity contribution in [2.45, 2.75) is 26.2 Å². The minimum atomic E-state index is 0.713. The quantitative estimate of drug-likeness (QED) is 0.899. The largest absolute Gasteiger partial charge is 0.346 e. The monoisotopic (exact) mass is 333 g/mol. The summed E-state index contributed by atoms with van der Waals surface area (Å²) in [6.45, 7) is 4.38. The van der Waals surface area contributed by atoms with Gasteiger partial charge in [0.2, 0.25) is 0 Å². The summed E-state index contributed by atoms with van der Waals surface area (Å²) < 4.78 is 1.09. The van der Waals surface area contributed by atoms with Crippen LogP contribution in [0.4, 0.5) is 0 Å². The number of nitrogens with one attached hydrogen (secondary N) is 2. The normalized spacial score (nSPS) is 19.2. The molecule has 1 aromatic carbocycles. The molecule has 3 nitrogen and oxygen atoms in total. The number of hydrogen-bond donors (Lipinski definition) is 2. The van der Waals surface area contributed by atoms with E-state index in [9.17, 15) is 0 Å². The van der Waals surface area contributed by atoms with Crippen LogP contribution in [0.2, 0.25) is 0 Å². The molecular formula is C16H20BrN3. The number of benzene rings is 1. The Kier molecular flexibility index (Phi) is 4.22. The SMILES string of the molecule is Cc1[nH]c(CC2CCCNC2)nc1-c1cccc(Br)c1. The van der Waals surface area contributed by atoms with Crippen molar-refractivity contribution in [2.75, 3.05) is 13.1 Å². The van der Waals surface area contributed by atoms with Gasteiger partial charge in [0.25, 0.3) is 0 Å². The highest BCUT2D eigenvalue weighted by molar-refractivity contribution is 9.10. The standard InChI is InChI=1S/C16H20BrN3/c1-11-16(13-5-2-6-14(17)9-13)20-15(19-11)8-12-4-3-7-18-10-12/h2,5-6,9,12,18H,3-4,7-8,10H2,1H3,(H,19,20). The van der Waals surface area contributed by atoms with Gasteiger partial charge in [0.05, 0.1) is 5.69 Å². The molecule has 2 aromatic rings. The van der Waals surface area contributed by atoms with Crippen molar-refractivity contribution in [3.05, 3.63) is 40.3 Å². The van der Waals surface area contributed by atoms with Crippen molar-refractivity contribution in [1.82, 2.24) is 15.3 Å².